The maximum Gasteiger partial charge on any atom is 0.339 e. The molecule has 4 heterocycles. The van der Waals surface area contributed by atoms with Crippen LogP contribution in [0.1, 0.15) is 46.9 Å². The van der Waals surface area contributed by atoms with Crippen LogP contribution in [0, 0.1) is 17.1 Å². The minimum atomic E-state index is -0.484. The average Bonchev–Trinajstić information content (AvgIpc) is 3.56. The quantitative estimate of drug-likeness (QED) is 0.277. The van der Waals surface area contributed by atoms with Crippen molar-refractivity contribution in [3.63, 3.8) is 0 Å². The van der Waals surface area contributed by atoms with Crippen molar-refractivity contribution in [2.24, 2.45) is 0 Å². The molecule has 0 aliphatic carbocycles. The SMILES string of the molecule is C[C@@]1(c2cccc(OCc3ccc(C#N)cc3F)n2)CCN(COC(=O)c2ccc3ncn(C[C@@H]4CCO4)c3c2)C1. The third kappa shape index (κ3) is 5.78. The van der Waals surface area contributed by atoms with E-state index in [0.29, 0.717) is 30.1 Å². The molecule has 9 nitrogen and oxygen atoms in total. The Hall–Kier alpha value is -4.33. The summed E-state index contributed by atoms with van der Waals surface area (Å²) in [5, 5.41) is 8.93. The van der Waals surface area contributed by atoms with Gasteiger partial charge in [0.1, 0.15) is 19.2 Å². The number of imidazole rings is 1. The Morgan fingerprint density at radius 2 is 2.12 bits per heavy atom. The van der Waals surface area contributed by atoms with E-state index < -0.39 is 5.82 Å². The van der Waals surface area contributed by atoms with E-state index in [1.165, 1.54) is 6.07 Å². The normalized spacial score (nSPS) is 20.5. The average molecular weight is 556 g/mol. The van der Waals surface area contributed by atoms with Crippen molar-refractivity contribution in [3.8, 4) is 11.9 Å². The molecule has 0 saturated carbocycles. The fourth-order valence-corrected chi connectivity index (χ4v) is 5.30. The monoisotopic (exact) mass is 555 g/mol. The first-order valence-electron chi connectivity index (χ1n) is 13.6. The zero-order valence-corrected chi connectivity index (χ0v) is 22.8. The highest BCUT2D eigenvalue weighted by molar-refractivity contribution is 5.93. The molecule has 6 rings (SSSR count). The third-order valence-electron chi connectivity index (χ3n) is 7.88. The molecule has 2 aliphatic heterocycles. The number of fused-ring (bicyclic) bond motifs is 1. The summed E-state index contributed by atoms with van der Waals surface area (Å²) in [4.78, 5) is 24.1. The van der Waals surface area contributed by atoms with Crippen LogP contribution in [-0.4, -0.2) is 57.9 Å². The van der Waals surface area contributed by atoms with Crippen LogP contribution in [0.4, 0.5) is 4.39 Å². The Labute approximate surface area is 237 Å². The number of rotatable bonds is 9. The van der Waals surface area contributed by atoms with E-state index in [9.17, 15) is 9.18 Å². The van der Waals surface area contributed by atoms with Crippen molar-refractivity contribution in [3.05, 3.63) is 89.1 Å². The van der Waals surface area contributed by atoms with E-state index in [1.807, 2.05) is 34.9 Å². The van der Waals surface area contributed by atoms with E-state index in [-0.39, 0.29) is 36.4 Å². The topological polar surface area (TPSA) is 102 Å². The van der Waals surface area contributed by atoms with Crippen LogP contribution >= 0.6 is 0 Å². The second-order valence-electron chi connectivity index (χ2n) is 10.9. The number of aromatic nitrogens is 3. The fraction of sp³-hybridized carbons (Fsp3) is 0.355. The summed E-state index contributed by atoms with van der Waals surface area (Å²) in [6.45, 7) is 5.23. The van der Waals surface area contributed by atoms with Crippen molar-refractivity contribution in [2.45, 2.75) is 44.4 Å². The number of nitriles is 1. The number of hydrogen-bond acceptors (Lipinski definition) is 8. The molecule has 0 spiro atoms. The number of likely N-dealkylation sites (tertiary alicyclic amines) is 1. The molecule has 2 aromatic carbocycles. The number of ether oxygens (including phenoxy) is 3. The lowest BCUT2D eigenvalue weighted by Gasteiger charge is -2.26. The molecule has 10 heteroatoms. The molecule has 2 fully saturated rings. The molecule has 0 bridgehead atoms. The number of halogens is 1. The van der Waals surface area contributed by atoms with Crippen LogP contribution in [0.5, 0.6) is 5.88 Å². The fourth-order valence-electron chi connectivity index (χ4n) is 5.30. The summed E-state index contributed by atoms with van der Waals surface area (Å²) in [5.41, 5.74) is 3.42. The maximum absolute atomic E-state index is 14.2. The van der Waals surface area contributed by atoms with Crippen molar-refractivity contribution >= 4 is 17.0 Å². The van der Waals surface area contributed by atoms with Gasteiger partial charge in [-0.2, -0.15) is 5.26 Å². The lowest BCUT2D eigenvalue weighted by molar-refractivity contribution is -0.0586. The summed E-state index contributed by atoms with van der Waals surface area (Å²) >= 11 is 0. The lowest BCUT2D eigenvalue weighted by atomic mass is 9.85. The van der Waals surface area contributed by atoms with Gasteiger partial charge >= 0.3 is 5.97 Å². The second-order valence-corrected chi connectivity index (χ2v) is 10.9. The molecule has 2 saturated heterocycles. The minimum absolute atomic E-state index is 0.00766. The molecule has 210 valence electrons. The number of carbonyl (C=O) groups is 1. The molecule has 4 aromatic rings. The molecular formula is C31H30FN5O4. The molecule has 2 atom stereocenters. The highest BCUT2D eigenvalue weighted by Gasteiger charge is 2.37. The first-order valence-corrected chi connectivity index (χ1v) is 13.6. The smallest absolute Gasteiger partial charge is 0.339 e. The van der Waals surface area contributed by atoms with Crippen molar-refractivity contribution < 1.29 is 23.4 Å². The van der Waals surface area contributed by atoms with Crippen molar-refractivity contribution in [1.82, 2.24) is 19.4 Å². The zero-order chi connectivity index (χ0) is 28.4. The zero-order valence-electron chi connectivity index (χ0n) is 22.8. The first kappa shape index (κ1) is 26.9. The molecular weight excluding hydrogens is 525 g/mol. The summed E-state index contributed by atoms with van der Waals surface area (Å²) in [6.07, 6.45) is 3.84. The van der Waals surface area contributed by atoms with Gasteiger partial charge in [-0.15, -0.1) is 0 Å². The molecule has 0 N–H and O–H groups in total. The van der Waals surface area contributed by atoms with E-state index in [1.54, 1.807) is 30.6 Å². The highest BCUT2D eigenvalue weighted by atomic mass is 19.1. The van der Waals surface area contributed by atoms with Gasteiger partial charge in [0.2, 0.25) is 5.88 Å². The Bertz CT molecular complexity index is 1630. The van der Waals surface area contributed by atoms with Crippen LogP contribution in [0.25, 0.3) is 11.0 Å². The predicted molar refractivity (Wildman–Crippen MR) is 148 cm³/mol. The van der Waals surface area contributed by atoms with E-state index in [4.69, 9.17) is 24.5 Å². The van der Waals surface area contributed by atoms with Crippen LogP contribution in [0.15, 0.2) is 60.9 Å². The van der Waals surface area contributed by atoms with Gasteiger partial charge in [0.15, 0.2) is 0 Å². The van der Waals surface area contributed by atoms with Gasteiger partial charge in [0, 0.05) is 36.7 Å². The molecule has 0 amide bonds. The lowest BCUT2D eigenvalue weighted by Crippen LogP contribution is -2.31. The first-order chi connectivity index (χ1) is 19.9. The Morgan fingerprint density at radius 3 is 2.90 bits per heavy atom. The van der Waals surface area contributed by atoms with Gasteiger partial charge in [-0.3, -0.25) is 4.90 Å². The van der Waals surface area contributed by atoms with Gasteiger partial charge < -0.3 is 18.8 Å². The number of benzene rings is 2. The number of carbonyl (C=O) groups excluding carboxylic acids is 1. The van der Waals surface area contributed by atoms with Crippen LogP contribution < -0.4 is 4.74 Å². The molecule has 41 heavy (non-hydrogen) atoms. The number of esters is 1. The maximum atomic E-state index is 14.2. The summed E-state index contributed by atoms with van der Waals surface area (Å²) in [6, 6.07) is 17.2. The number of nitrogens with zero attached hydrogens (tertiary/aromatic N) is 5. The molecule has 2 aliphatic rings. The van der Waals surface area contributed by atoms with Crippen molar-refractivity contribution in [1.29, 1.82) is 5.26 Å². The second kappa shape index (κ2) is 11.3. The predicted octanol–water partition coefficient (Wildman–Crippen LogP) is 4.59. The van der Waals surface area contributed by atoms with Gasteiger partial charge in [-0.25, -0.2) is 19.2 Å². The van der Waals surface area contributed by atoms with E-state index >= 15 is 0 Å². The number of pyridine rings is 1. The summed E-state index contributed by atoms with van der Waals surface area (Å²) < 4.78 is 33.3. The molecule has 0 radical (unpaired) electrons. The van der Waals surface area contributed by atoms with E-state index in [0.717, 1.165) is 42.7 Å². The standard InChI is InChI=1S/C31H30FN5O4/c1-31(28-3-2-4-29(35-28)40-17-23-6-5-21(15-33)13-25(23)32)10-11-36(18-31)20-41-30(38)22-7-8-26-27(14-22)37(19-34-26)16-24-9-12-39-24/h2-8,13-14,19,24H,9-12,16-18,20H2,1H3/t24-,31+/m0/s1. The molecule has 2 aromatic heterocycles. The van der Waals surface area contributed by atoms with Gasteiger partial charge in [-0.05, 0) is 49.2 Å². The van der Waals surface area contributed by atoms with E-state index in [2.05, 4.69) is 16.8 Å². The Balaban J connectivity index is 1.05. The van der Waals surface area contributed by atoms with Gasteiger partial charge in [0.25, 0.3) is 0 Å². The summed E-state index contributed by atoms with van der Waals surface area (Å²) in [7, 11) is 0. The third-order valence-corrected chi connectivity index (χ3v) is 7.88. The van der Waals surface area contributed by atoms with Gasteiger partial charge in [0.05, 0.1) is 52.9 Å². The van der Waals surface area contributed by atoms with Gasteiger partial charge in [-0.1, -0.05) is 19.1 Å². The Morgan fingerprint density at radius 1 is 1.24 bits per heavy atom. The molecule has 0 unspecified atom stereocenters. The minimum Gasteiger partial charge on any atom is -0.473 e. The highest BCUT2D eigenvalue weighted by Crippen LogP contribution is 2.34. The van der Waals surface area contributed by atoms with Crippen LogP contribution in [-0.2, 0) is 28.0 Å². The van der Waals surface area contributed by atoms with Crippen LogP contribution in [0.3, 0.4) is 0 Å². The van der Waals surface area contributed by atoms with Crippen molar-refractivity contribution in [2.75, 3.05) is 26.4 Å². The Kier molecular flexibility index (Phi) is 7.39. The largest absolute Gasteiger partial charge is 0.473 e. The summed E-state index contributed by atoms with van der Waals surface area (Å²) in [5.74, 6) is -0.463. The number of hydrogen-bond donors (Lipinski definition) is 0. The van der Waals surface area contributed by atoms with Crippen LogP contribution in [0.2, 0.25) is 0 Å².